The number of amides is 1. The Balaban J connectivity index is 2.16. The SMILES string of the molecule is CN(C)CCN(Cc1cccc(Cl)c1)C(=O)Cn1ccc(=O)[nH]c1=O. The molecule has 0 bridgehead atoms. The van der Waals surface area contributed by atoms with Crippen molar-refractivity contribution in [2.24, 2.45) is 0 Å². The molecule has 7 nitrogen and oxygen atoms in total. The summed E-state index contributed by atoms with van der Waals surface area (Å²) in [6.45, 7) is 1.46. The zero-order chi connectivity index (χ0) is 18.4. The minimum absolute atomic E-state index is 0.135. The highest BCUT2D eigenvalue weighted by Gasteiger charge is 2.16. The van der Waals surface area contributed by atoms with Gasteiger partial charge < -0.3 is 9.80 Å². The first kappa shape index (κ1) is 19.0. The molecular weight excluding hydrogens is 344 g/mol. The van der Waals surface area contributed by atoms with E-state index < -0.39 is 11.2 Å². The van der Waals surface area contributed by atoms with Crippen LogP contribution in [0.4, 0.5) is 0 Å². The van der Waals surface area contributed by atoms with Gasteiger partial charge in [0.2, 0.25) is 5.91 Å². The molecule has 0 atom stereocenters. The van der Waals surface area contributed by atoms with Gasteiger partial charge in [0.05, 0.1) is 0 Å². The van der Waals surface area contributed by atoms with Crippen LogP contribution in [-0.4, -0.2) is 52.4 Å². The number of likely N-dealkylation sites (N-methyl/N-ethyl adjacent to an activating group) is 1. The molecule has 2 rings (SSSR count). The number of H-pyrrole nitrogens is 1. The van der Waals surface area contributed by atoms with Gasteiger partial charge >= 0.3 is 5.69 Å². The van der Waals surface area contributed by atoms with Crippen LogP contribution in [0.1, 0.15) is 5.56 Å². The lowest BCUT2D eigenvalue weighted by molar-refractivity contribution is -0.132. The quantitative estimate of drug-likeness (QED) is 0.787. The molecule has 0 saturated carbocycles. The Morgan fingerprint density at radius 3 is 2.60 bits per heavy atom. The van der Waals surface area contributed by atoms with Crippen LogP contribution in [-0.2, 0) is 17.9 Å². The number of benzene rings is 1. The van der Waals surface area contributed by atoms with Crippen molar-refractivity contribution in [1.29, 1.82) is 0 Å². The summed E-state index contributed by atoms with van der Waals surface area (Å²) in [6.07, 6.45) is 1.32. The molecular formula is C17H21ClN4O3. The molecule has 8 heteroatoms. The molecule has 0 unspecified atom stereocenters. The lowest BCUT2D eigenvalue weighted by atomic mass is 10.2. The third-order valence-corrected chi connectivity index (χ3v) is 3.87. The second-order valence-electron chi connectivity index (χ2n) is 5.99. The molecule has 1 heterocycles. The molecule has 1 aromatic carbocycles. The predicted octanol–water partition coefficient (Wildman–Crippen LogP) is 0.780. The maximum absolute atomic E-state index is 12.7. The second kappa shape index (κ2) is 8.64. The maximum Gasteiger partial charge on any atom is 0.328 e. The van der Waals surface area contributed by atoms with Crippen molar-refractivity contribution in [3.05, 3.63) is 68.0 Å². The van der Waals surface area contributed by atoms with Crippen LogP contribution in [0.5, 0.6) is 0 Å². The molecule has 0 radical (unpaired) electrons. The fraction of sp³-hybridized carbons (Fsp3) is 0.353. The normalized spacial score (nSPS) is 10.9. The number of hydrogen-bond acceptors (Lipinski definition) is 4. The van der Waals surface area contributed by atoms with Gasteiger partial charge in [-0.2, -0.15) is 0 Å². The van der Waals surface area contributed by atoms with Crippen molar-refractivity contribution in [3.8, 4) is 0 Å². The topological polar surface area (TPSA) is 78.4 Å². The van der Waals surface area contributed by atoms with Crippen molar-refractivity contribution in [2.75, 3.05) is 27.2 Å². The van der Waals surface area contributed by atoms with Gasteiger partial charge in [-0.1, -0.05) is 23.7 Å². The highest BCUT2D eigenvalue weighted by molar-refractivity contribution is 6.30. The van der Waals surface area contributed by atoms with Gasteiger partial charge in [0.15, 0.2) is 0 Å². The third kappa shape index (κ3) is 5.88. The zero-order valence-corrected chi connectivity index (χ0v) is 15.0. The van der Waals surface area contributed by atoms with Crippen LogP contribution in [0.25, 0.3) is 0 Å². The van der Waals surface area contributed by atoms with Gasteiger partial charge in [-0.25, -0.2) is 4.79 Å². The molecule has 0 aliphatic carbocycles. The molecule has 134 valence electrons. The number of rotatable bonds is 7. The minimum atomic E-state index is -0.601. The summed E-state index contributed by atoms with van der Waals surface area (Å²) < 4.78 is 1.18. The lowest BCUT2D eigenvalue weighted by Gasteiger charge is -2.25. The van der Waals surface area contributed by atoms with Crippen LogP contribution in [0.2, 0.25) is 5.02 Å². The summed E-state index contributed by atoms with van der Waals surface area (Å²) in [4.78, 5) is 41.4. The van der Waals surface area contributed by atoms with Crippen LogP contribution in [0.3, 0.4) is 0 Å². The molecule has 0 saturated heterocycles. The molecule has 0 aliphatic heterocycles. The van der Waals surface area contributed by atoms with Crippen molar-refractivity contribution in [2.45, 2.75) is 13.1 Å². The summed E-state index contributed by atoms with van der Waals surface area (Å²) in [6, 6.07) is 8.53. The van der Waals surface area contributed by atoms with Gasteiger partial charge in [-0.05, 0) is 31.8 Å². The third-order valence-electron chi connectivity index (χ3n) is 3.63. The van der Waals surface area contributed by atoms with E-state index in [0.29, 0.717) is 24.7 Å². The van der Waals surface area contributed by atoms with E-state index in [1.54, 1.807) is 11.0 Å². The first-order valence-corrected chi connectivity index (χ1v) is 8.19. The predicted molar refractivity (Wildman–Crippen MR) is 96.7 cm³/mol. The van der Waals surface area contributed by atoms with Crippen molar-refractivity contribution in [3.63, 3.8) is 0 Å². The number of halogens is 1. The average Bonchev–Trinajstić information content (AvgIpc) is 2.54. The van der Waals surface area contributed by atoms with E-state index in [0.717, 1.165) is 5.56 Å². The Hall–Kier alpha value is -2.38. The summed E-state index contributed by atoms with van der Waals surface area (Å²) in [5, 5.41) is 0.606. The molecule has 0 fully saturated rings. The monoisotopic (exact) mass is 364 g/mol. The number of carbonyl (C=O) groups is 1. The summed E-state index contributed by atoms with van der Waals surface area (Å²) in [5.74, 6) is -0.212. The molecule has 1 aromatic heterocycles. The standard InChI is InChI=1S/C17H21ClN4O3/c1-20(2)8-9-21(11-13-4-3-5-14(18)10-13)16(24)12-22-7-6-15(23)19-17(22)25/h3-7,10H,8-9,11-12H2,1-2H3,(H,19,23,25). The Kier molecular flexibility index (Phi) is 6.55. The van der Waals surface area contributed by atoms with E-state index in [1.807, 2.05) is 37.2 Å². The molecule has 0 spiro atoms. The van der Waals surface area contributed by atoms with E-state index >= 15 is 0 Å². The summed E-state index contributed by atoms with van der Waals surface area (Å²) in [7, 11) is 3.85. The van der Waals surface area contributed by atoms with Crippen LogP contribution < -0.4 is 11.2 Å². The van der Waals surface area contributed by atoms with E-state index in [9.17, 15) is 14.4 Å². The maximum atomic E-state index is 12.7. The van der Waals surface area contributed by atoms with Crippen LogP contribution >= 0.6 is 11.6 Å². The first-order valence-electron chi connectivity index (χ1n) is 7.82. The number of nitrogens with one attached hydrogen (secondary N) is 1. The van der Waals surface area contributed by atoms with Crippen LogP contribution in [0.15, 0.2) is 46.1 Å². The summed E-state index contributed by atoms with van der Waals surface area (Å²) >= 11 is 6.01. The van der Waals surface area contributed by atoms with Crippen molar-refractivity contribution in [1.82, 2.24) is 19.4 Å². The van der Waals surface area contributed by atoms with Crippen molar-refractivity contribution >= 4 is 17.5 Å². The number of nitrogens with zero attached hydrogens (tertiary/aromatic N) is 3. The zero-order valence-electron chi connectivity index (χ0n) is 14.2. The Labute approximate surface area is 150 Å². The lowest BCUT2D eigenvalue weighted by Crippen LogP contribution is -2.40. The molecule has 2 aromatic rings. The van der Waals surface area contributed by atoms with Crippen molar-refractivity contribution < 1.29 is 4.79 Å². The van der Waals surface area contributed by atoms with Gasteiger partial charge in [-0.15, -0.1) is 0 Å². The molecule has 25 heavy (non-hydrogen) atoms. The number of hydrogen-bond donors (Lipinski definition) is 1. The van der Waals surface area contributed by atoms with Gasteiger partial charge in [0.25, 0.3) is 5.56 Å². The van der Waals surface area contributed by atoms with E-state index in [1.165, 1.54) is 16.8 Å². The Bertz CT molecular complexity index is 844. The number of carbonyl (C=O) groups excluding carboxylic acids is 1. The summed E-state index contributed by atoms with van der Waals surface area (Å²) in [5.41, 5.74) is -0.179. The second-order valence-corrected chi connectivity index (χ2v) is 6.42. The molecule has 1 N–H and O–H groups in total. The molecule has 1 amide bonds. The van der Waals surface area contributed by atoms with E-state index in [2.05, 4.69) is 4.98 Å². The van der Waals surface area contributed by atoms with Crippen LogP contribution in [0, 0.1) is 0 Å². The largest absolute Gasteiger partial charge is 0.336 e. The Morgan fingerprint density at radius 1 is 1.20 bits per heavy atom. The fourth-order valence-corrected chi connectivity index (χ4v) is 2.50. The van der Waals surface area contributed by atoms with E-state index in [-0.39, 0.29) is 12.5 Å². The number of aromatic amines is 1. The molecule has 0 aliphatic rings. The smallest absolute Gasteiger partial charge is 0.328 e. The fourth-order valence-electron chi connectivity index (χ4n) is 2.28. The Morgan fingerprint density at radius 2 is 1.96 bits per heavy atom. The average molecular weight is 365 g/mol. The minimum Gasteiger partial charge on any atom is -0.336 e. The van der Waals surface area contributed by atoms with E-state index in [4.69, 9.17) is 11.6 Å². The first-order chi connectivity index (χ1) is 11.8. The van der Waals surface area contributed by atoms with Gasteiger partial charge in [-0.3, -0.25) is 19.1 Å². The highest BCUT2D eigenvalue weighted by Crippen LogP contribution is 2.13. The number of aromatic nitrogens is 2. The highest BCUT2D eigenvalue weighted by atomic mass is 35.5. The van der Waals surface area contributed by atoms with Gasteiger partial charge in [0, 0.05) is 36.9 Å². The van der Waals surface area contributed by atoms with Gasteiger partial charge in [0.1, 0.15) is 6.54 Å².